The molecule has 0 saturated heterocycles. The van der Waals surface area contributed by atoms with Crippen molar-refractivity contribution in [1.82, 2.24) is 4.57 Å². The zero-order valence-corrected chi connectivity index (χ0v) is 20.8. The van der Waals surface area contributed by atoms with Gasteiger partial charge in [0.1, 0.15) is 5.75 Å². The maximum absolute atomic E-state index is 13.4. The van der Waals surface area contributed by atoms with Crippen LogP contribution in [-0.4, -0.2) is 22.7 Å². The Balaban J connectivity index is 1.76. The van der Waals surface area contributed by atoms with E-state index in [0.29, 0.717) is 42.5 Å². The molecule has 0 N–H and O–H groups in total. The summed E-state index contributed by atoms with van der Waals surface area (Å²) in [7, 11) is 1.58. The maximum Gasteiger partial charge on any atom is 0.262 e. The standard InChI is InChI=1S/C25H18Cl3NO3S/c1-14-19(13-24(30)33-23-11-17(27)7-9-21(23)28)20-12-18(32-2)8-10-22(20)29(14)25(31)15-3-5-16(26)6-4-15/h3-12H,13H2,1-2H3. The van der Waals surface area contributed by atoms with E-state index >= 15 is 0 Å². The number of carbonyl (C=O) groups is 2. The van der Waals surface area contributed by atoms with E-state index in [1.165, 1.54) is 0 Å². The van der Waals surface area contributed by atoms with Gasteiger partial charge in [-0.2, -0.15) is 0 Å². The zero-order chi connectivity index (χ0) is 23.7. The molecule has 0 aliphatic heterocycles. The van der Waals surface area contributed by atoms with E-state index in [4.69, 9.17) is 39.5 Å². The van der Waals surface area contributed by atoms with Gasteiger partial charge in [0.15, 0.2) is 5.12 Å². The molecule has 0 saturated carbocycles. The van der Waals surface area contributed by atoms with Gasteiger partial charge in [-0.05, 0) is 84.9 Å². The van der Waals surface area contributed by atoms with E-state index in [2.05, 4.69) is 0 Å². The zero-order valence-electron chi connectivity index (χ0n) is 17.7. The lowest BCUT2D eigenvalue weighted by molar-refractivity contribution is -0.110. The highest BCUT2D eigenvalue weighted by molar-refractivity contribution is 8.13. The molecule has 0 bridgehead atoms. The van der Waals surface area contributed by atoms with Gasteiger partial charge in [0.2, 0.25) is 0 Å². The molecule has 0 unspecified atom stereocenters. The smallest absolute Gasteiger partial charge is 0.262 e. The van der Waals surface area contributed by atoms with Gasteiger partial charge in [0, 0.05) is 38.0 Å². The van der Waals surface area contributed by atoms with E-state index in [0.717, 1.165) is 22.7 Å². The maximum atomic E-state index is 13.4. The lowest BCUT2D eigenvalue weighted by Crippen LogP contribution is -2.14. The van der Waals surface area contributed by atoms with E-state index in [-0.39, 0.29) is 17.4 Å². The molecule has 0 spiro atoms. The van der Waals surface area contributed by atoms with Gasteiger partial charge in [0.25, 0.3) is 5.91 Å². The quantitative estimate of drug-likeness (QED) is 0.257. The molecule has 0 radical (unpaired) electrons. The molecule has 168 valence electrons. The number of methoxy groups -OCH3 is 1. The molecule has 4 rings (SSSR count). The third-order valence-electron chi connectivity index (χ3n) is 5.27. The second-order valence-electron chi connectivity index (χ2n) is 7.32. The van der Waals surface area contributed by atoms with Crippen molar-refractivity contribution in [3.05, 3.63) is 92.6 Å². The molecule has 4 nitrogen and oxygen atoms in total. The Hall–Kier alpha value is -2.44. The molecule has 8 heteroatoms. The molecule has 0 atom stereocenters. The summed E-state index contributed by atoms with van der Waals surface area (Å²) in [5.74, 6) is 0.432. The number of aromatic nitrogens is 1. The fourth-order valence-corrected chi connectivity index (χ4v) is 5.06. The van der Waals surface area contributed by atoms with Crippen molar-refractivity contribution in [2.75, 3.05) is 7.11 Å². The van der Waals surface area contributed by atoms with Crippen molar-refractivity contribution in [2.45, 2.75) is 18.2 Å². The summed E-state index contributed by atoms with van der Waals surface area (Å²) < 4.78 is 7.01. The fraction of sp³-hybridized carbons (Fsp3) is 0.120. The molecule has 1 aromatic heterocycles. The SMILES string of the molecule is COc1ccc2c(c1)c(CC(=O)Sc1cc(Cl)ccc1Cl)c(C)n2C(=O)c1ccc(Cl)cc1. The first-order valence-electron chi connectivity index (χ1n) is 9.92. The third-order valence-corrected chi connectivity index (χ3v) is 7.13. The average molecular weight is 519 g/mol. The summed E-state index contributed by atoms with van der Waals surface area (Å²) in [5, 5.41) is 2.16. The highest BCUT2D eigenvalue weighted by Gasteiger charge is 2.22. The Kier molecular flexibility index (Phi) is 7.05. The van der Waals surface area contributed by atoms with Gasteiger partial charge >= 0.3 is 0 Å². The van der Waals surface area contributed by atoms with E-state index < -0.39 is 0 Å². The summed E-state index contributed by atoms with van der Waals surface area (Å²) in [6.07, 6.45) is 0.101. The number of hydrogen-bond donors (Lipinski definition) is 0. The van der Waals surface area contributed by atoms with Crippen molar-refractivity contribution < 1.29 is 14.3 Å². The van der Waals surface area contributed by atoms with Gasteiger partial charge in [-0.3, -0.25) is 14.2 Å². The Labute approximate surface area is 210 Å². The number of nitrogens with zero attached hydrogens (tertiary/aromatic N) is 1. The monoisotopic (exact) mass is 517 g/mol. The Morgan fingerprint density at radius 3 is 2.33 bits per heavy atom. The topological polar surface area (TPSA) is 48.3 Å². The van der Waals surface area contributed by atoms with Gasteiger partial charge in [-0.1, -0.05) is 34.8 Å². The van der Waals surface area contributed by atoms with Crippen LogP contribution >= 0.6 is 46.6 Å². The van der Waals surface area contributed by atoms with Gasteiger partial charge in [-0.15, -0.1) is 0 Å². The summed E-state index contributed by atoms with van der Waals surface area (Å²) in [6, 6.07) is 17.2. The van der Waals surface area contributed by atoms with Crippen LogP contribution in [0.15, 0.2) is 65.6 Å². The van der Waals surface area contributed by atoms with Crippen LogP contribution in [0.3, 0.4) is 0 Å². The highest BCUT2D eigenvalue weighted by atomic mass is 35.5. The molecule has 0 fully saturated rings. The van der Waals surface area contributed by atoms with Gasteiger partial charge < -0.3 is 4.74 Å². The predicted octanol–water partition coefficient (Wildman–Crippen LogP) is 7.47. The van der Waals surface area contributed by atoms with Crippen LogP contribution < -0.4 is 4.74 Å². The number of thioether (sulfide) groups is 1. The first-order chi connectivity index (χ1) is 15.8. The molecule has 3 aromatic carbocycles. The molecular formula is C25H18Cl3NO3S. The second-order valence-corrected chi connectivity index (χ2v) is 9.70. The molecule has 0 aliphatic rings. The van der Waals surface area contributed by atoms with Crippen molar-refractivity contribution >= 4 is 68.5 Å². The molecule has 33 heavy (non-hydrogen) atoms. The van der Waals surface area contributed by atoms with Crippen molar-refractivity contribution in [3.8, 4) is 5.75 Å². The minimum absolute atomic E-state index is 0.101. The van der Waals surface area contributed by atoms with E-state index in [1.807, 2.05) is 19.1 Å². The van der Waals surface area contributed by atoms with Crippen molar-refractivity contribution in [2.24, 2.45) is 0 Å². The minimum atomic E-state index is -0.205. The first-order valence-corrected chi connectivity index (χ1v) is 11.9. The molecule has 1 heterocycles. The van der Waals surface area contributed by atoms with Crippen LogP contribution in [0.25, 0.3) is 10.9 Å². The van der Waals surface area contributed by atoms with Gasteiger partial charge in [-0.25, -0.2) is 0 Å². The lowest BCUT2D eigenvalue weighted by Gasteiger charge is -2.08. The highest BCUT2D eigenvalue weighted by Crippen LogP contribution is 2.34. The average Bonchev–Trinajstić information content (AvgIpc) is 3.06. The minimum Gasteiger partial charge on any atom is -0.497 e. The number of hydrogen-bond acceptors (Lipinski definition) is 4. The number of carbonyl (C=O) groups excluding carboxylic acids is 2. The van der Waals surface area contributed by atoms with Crippen LogP contribution in [-0.2, 0) is 11.2 Å². The number of fused-ring (bicyclic) bond motifs is 1. The van der Waals surface area contributed by atoms with E-state index in [9.17, 15) is 9.59 Å². The van der Waals surface area contributed by atoms with Crippen LogP contribution in [0.4, 0.5) is 0 Å². The summed E-state index contributed by atoms with van der Waals surface area (Å²) in [6.45, 7) is 1.83. The molecular weight excluding hydrogens is 501 g/mol. The normalized spacial score (nSPS) is 11.1. The van der Waals surface area contributed by atoms with Crippen LogP contribution in [0.5, 0.6) is 5.75 Å². The Bertz CT molecular complexity index is 1380. The van der Waals surface area contributed by atoms with Crippen molar-refractivity contribution in [3.63, 3.8) is 0 Å². The van der Waals surface area contributed by atoms with Crippen LogP contribution in [0.1, 0.15) is 21.6 Å². The first kappa shape index (κ1) is 23.7. The molecule has 4 aromatic rings. The fourth-order valence-electron chi connectivity index (χ4n) is 3.65. The number of halogens is 3. The molecule has 0 amide bonds. The summed E-state index contributed by atoms with van der Waals surface area (Å²) >= 11 is 19.3. The third kappa shape index (κ3) is 4.92. The van der Waals surface area contributed by atoms with Crippen LogP contribution in [0, 0.1) is 6.92 Å². The number of benzene rings is 3. The lowest BCUT2D eigenvalue weighted by atomic mass is 10.1. The summed E-state index contributed by atoms with van der Waals surface area (Å²) in [5.41, 5.74) is 2.63. The number of ether oxygens (including phenoxy) is 1. The van der Waals surface area contributed by atoms with Crippen molar-refractivity contribution in [1.29, 1.82) is 0 Å². The number of rotatable bonds is 5. The Morgan fingerprint density at radius 1 is 0.939 bits per heavy atom. The Morgan fingerprint density at radius 2 is 1.64 bits per heavy atom. The molecule has 0 aliphatic carbocycles. The second kappa shape index (κ2) is 9.82. The largest absolute Gasteiger partial charge is 0.497 e. The summed E-state index contributed by atoms with van der Waals surface area (Å²) in [4.78, 5) is 27.0. The van der Waals surface area contributed by atoms with Crippen LogP contribution in [0.2, 0.25) is 15.1 Å². The van der Waals surface area contributed by atoms with E-state index in [1.54, 1.807) is 60.2 Å². The predicted molar refractivity (Wildman–Crippen MR) is 135 cm³/mol. The van der Waals surface area contributed by atoms with Gasteiger partial charge in [0.05, 0.1) is 17.6 Å².